The van der Waals surface area contributed by atoms with Crippen molar-refractivity contribution in [2.24, 2.45) is 0 Å². The first-order chi connectivity index (χ1) is 8.99. The van der Waals surface area contributed by atoms with Gasteiger partial charge in [-0.2, -0.15) is 0 Å². The molecule has 1 rings (SSSR count). The van der Waals surface area contributed by atoms with Crippen LogP contribution in [0, 0.1) is 0 Å². The molecule has 0 aromatic heterocycles. The molecule has 0 unspecified atom stereocenters. The van der Waals surface area contributed by atoms with Crippen LogP contribution in [0.2, 0.25) is 0 Å². The number of ether oxygens (including phenoxy) is 1. The second-order valence-corrected chi connectivity index (χ2v) is 4.90. The molecule has 1 aromatic carbocycles. The minimum absolute atomic E-state index is 0.222. The molecule has 0 saturated carbocycles. The third-order valence-electron chi connectivity index (χ3n) is 3.12. The Morgan fingerprint density at radius 3 is 2.58 bits per heavy atom. The Bertz CT molecular complexity index is 429. The van der Waals surface area contributed by atoms with Crippen LogP contribution >= 0.6 is 0 Å². The molecule has 0 radical (unpaired) electrons. The Morgan fingerprint density at radius 2 is 2.11 bits per heavy atom. The van der Waals surface area contributed by atoms with Crippen molar-refractivity contribution >= 4 is 5.97 Å². The fourth-order valence-electron chi connectivity index (χ4n) is 2.06. The Morgan fingerprint density at radius 1 is 1.42 bits per heavy atom. The SMILES string of the molecule is CCCN(Cc1ccc(OC)c(C(=O)O)c1)C(C)C. The third-order valence-corrected chi connectivity index (χ3v) is 3.12. The average Bonchev–Trinajstić information content (AvgIpc) is 2.37. The highest BCUT2D eigenvalue weighted by atomic mass is 16.5. The van der Waals surface area contributed by atoms with Crippen molar-refractivity contribution < 1.29 is 14.6 Å². The molecule has 0 aliphatic carbocycles. The number of rotatable bonds is 7. The Balaban J connectivity index is 2.95. The molecule has 4 nitrogen and oxygen atoms in total. The number of carbonyl (C=O) groups is 1. The second kappa shape index (κ2) is 7.14. The zero-order valence-corrected chi connectivity index (χ0v) is 12.1. The predicted octanol–water partition coefficient (Wildman–Crippen LogP) is 3.01. The molecule has 1 N–H and O–H groups in total. The molecule has 19 heavy (non-hydrogen) atoms. The van der Waals surface area contributed by atoms with Crippen molar-refractivity contribution in [2.75, 3.05) is 13.7 Å². The smallest absolute Gasteiger partial charge is 0.339 e. The van der Waals surface area contributed by atoms with Crippen LogP contribution < -0.4 is 4.74 Å². The molecule has 106 valence electrons. The number of carboxylic acid groups (broad SMARTS) is 1. The van der Waals surface area contributed by atoms with Gasteiger partial charge in [0.2, 0.25) is 0 Å². The van der Waals surface area contributed by atoms with E-state index in [1.165, 1.54) is 7.11 Å². The van der Waals surface area contributed by atoms with E-state index in [4.69, 9.17) is 4.74 Å². The summed E-state index contributed by atoms with van der Waals surface area (Å²) in [6.07, 6.45) is 1.08. The molecule has 4 heteroatoms. The lowest BCUT2D eigenvalue weighted by Crippen LogP contribution is -2.31. The highest BCUT2D eigenvalue weighted by Crippen LogP contribution is 2.21. The van der Waals surface area contributed by atoms with Gasteiger partial charge in [0.1, 0.15) is 11.3 Å². The molecule has 0 saturated heterocycles. The zero-order chi connectivity index (χ0) is 14.4. The molecule has 0 aliphatic heterocycles. The van der Waals surface area contributed by atoms with E-state index in [1.54, 1.807) is 12.1 Å². The second-order valence-electron chi connectivity index (χ2n) is 4.90. The molecule has 0 amide bonds. The lowest BCUT2D eigenvalue weighted by molar-refractivity contribution is 0.0693. The summed E-state index contributed by atoms with van der Waals surface area (Å²) >= 11 is 0. The van der Waals surface area contributed by atoms with Crippen LogP contribution in [-0.4, -0.2) is 35.7 Å². The maximum absolute atomic E-state index is 11.2. The van der Waals surface area contributed by atoms with Gasteiger partial charge in [0.05, 0.1) is 7.11 Å². The van der Waals surface area contributed by atoms with E-state index in [0.29, 0.717) is 11.8 Å². The van der Waals surface area contributed by atoms with Gasteiger partial charge >= 0.3 is 5.97 Å². The summed E-state index contributed by atoms with van der Waals surface area (Å²) in [5.41, 5.74) is 1.22. The van der Waals surface area contributed by atoms with Crippen molar-refractivity contribution in [1.29, 1.82) is 0 Å². The van der Waals surface area contributed by atoms with Gasteiger partial charge in [-0.05, 0) is 44.5 Å². The van der Waals surface area contributed by atoms with Gasteiger partial charge in [0, 0.05) is 12.6 Å². The number of hydrogen-bond acceptors (Lipinski definition) is 3. The fourth-order valence-corrected chi connectivity index (χ4v) is 2.06. The highest BCUT2D eigenvalue weighted by molar-refractivity contribution is 5.91. The van der Waals surface area contributed by atoms with E-state index >= 15 is 0 Å². The van der Waals surface area contributed by atoms with Gasteiger partial charge in [-0.15, -0.1) is 0 Å². The summed E-state index contributed by atoms with van der Waals surface area (Å²) in [6, 6.07) is 5.79. The van der Waals surface area contributed by atoms with Gasteiger partial charge < -0.3 is 9.84 Å². The predicted molar refractivity (Wildman–Crippen MR) is 75.8 cm³/mol. The number of aromatic carboxylic acids is 1. The Labute approximate surface area is 115 Å². The Hall–Kier alpha value is -1.55. The van der Waals surface area contributed by atoms with Crippen LogP contribution in [0.15, 0.2) is 18.2 Å². The highest BCUT2D eigenvalue weighted by Gasteiger charge is 2.14. The van der Waals surface area contributed by atoms with Gasteiger partial charge in [0.25, 0.3) is 0 Å². The standard InChI is InChI=1S/C15H23NO3/c1-5-8-16(11(2)3)10-12-6-7-14(19-4)13(9-12)15(17)18/h6-7,9,11H,5,8,10H2,1-4H3,(H,17,18). The average molecular weight is 265 g/mol. The van der Waals surface area contributed by atoms with Crippen LogP contribution in [0.25, 0.3) is 0 Å². The first-order valence-electron chi connectivity index (χ1n) is 6.63. The third kappa shape index (κ3) is 4.24. The maximum Gasteiger partial charge on any atom is 0.339 e. The minimum atomic E-state index is -0.953. The van der Waals surface area contributed by atoms with Gasteiger partial charge in [0.15, 0.2) is 0 Å². The fraction of sp³-hybridized carbons (Fsp3) is 0.533. The molecule has 0 aliphatic rings. The minimum Gasteiger partial charge on any atom is -0.496 e. The molecule has 0 heterocycles. The largest absolute Gasteiger partial charge is 0.496 e. The lowest BCUT2D eigenvalue weighted by Gasteiger charge is -2.26. The molecule has 0 spiro atoms. The van der Waals surface area contributed by atoms with Gasteiger partial charge in [-0.25, -0.2) is 4.79 Å². The van der Waals surface area contributed by atoms with Crippen LogP contribution in [0.3, 0.4) is 0 Å². The van der Waals surface area contributed by atoms with Crippen molar-refractivity contribution in [3.05, 3.63) is 29.3 Å². The summed E-state index contributed by atoms with van der Waals surface area (Å²) in [5.74, 6) is -0.548. The molecule has 1 aromatic rings. The molecule has 0 fully saturated rings. The van der Waals surface area contributed by atoms with Crippen molar-refractivity contribution in [3.8, 4) is 5.75 Å². The summed E-state index contributed by atoms with van der Waals surface area (Å²) < 4.78 is 5.07. The summed E-state index contributed by atoms with van der Waals surface area (Å²) in [5, 5.41) is 9.17. The number of benzene rings is 1. The zero-order valence-electron chi connectivity index (χ0n) is 12.1. The van der Waals surface area contributed by atoms with Gasteiger partial charge in [-0.3, -0.25) is 4.90 Å². The molecule has 0 atom stereocenters. The number of hydrogen-bond donors (Lipinski definition) is 1. The first kappa shape index (κ1) is 15.5. The Kier molecular flexibility index (Phi) is 5.83. The molecular formula is C15H23NO3. The normalized spacial score (nSPS) is 11.1. The van der Waals surface area contributed by atoms with Gasteiger partial charge in [-0.1, -0.05) is 13.0 Å². The molecular weight excluding hydrogens is 242 g/mol. The van der Waals surface area contributed by atoms with E-state index < -0.39 is 5.97 Å². The monoisotopic (exact) mass is 265 g/mol. The summed E-state index contributed by atoms with van der Waals surface area (Å²) in [7, 11) is 1.49. The van der Waals surface area contributed by atoms with E-state index in [1.807, 2.05) is 6.07 Å². The van der Waals surface area contributed by atoms with Crippen LogP contribution in [-0.2, 0) is 6.54 Å². The van der Waals surface area contributed by atoms with E-state index in [0.717, 1.165) is 25.1 Å². The molecule has 0 bridgehead atoms. The number of nitrogens with zero attached hydrogens (tertiary/aromatic N) is 1. The van der Waals surface area contributed by atoms with Crippen LogP contribution in [0.5, 0.6) is 5.75 Å². The van der Waals surface area contributed by atoms with E-state index in [2.05, 4.69) is 25.7 Å². The van der Waals surface area contributed by atoms with E-state index in [9.17, 15) is 9.90 Å². The lowest BCUT2D eigenvalue weighted by atomic mass is 10.1. The maximum atomic E-state index is 11.2. The quantitative estimate of drug-likeness (QED) is 0.823. The summed E-state index contributed by atoms with van der Waals surface area (Å²) in [6.45, 7) is 8.21. The van der Waals surface area contributed by atoms with Crippen molar-refractivity contribution in [1.82, 2.24) is 4.90 Å². The number of carboxylic acids is 1. The number of methoxy groups -OCH3 is 1. The first-order valence-corrected chi connectivity index (χ1v) is 6.63. The van der Waals surface area contributed by atoms with Crippen molar-refractivity contribution in [2.45, 2.75) is 39.8 Å². The summed E-state index contributed by atoms with van der Waals surface area (Å²) in [4.78, 5) is 13.5. The topological polar surface area (TPSA) is 49.8 Å². The van der Waals surface area contributed by atoms with Crippen LogP contribution in [0.4, 0.5) is 0 Å². The van der Waals surface area contributed by atoms with Crippen molar-refractivity contribution in [3.63, 3.8) is 0 Å². The van der Waals surface area contributed by atoms with E-state index in [-0.39, 0.29) is 5.56 Å². The van der Waals surface area contributed by atoms with Crippen LogP contribution in [0.1, 0.15) is 43.1 Å².